The van der Waals surface area contributed by atoms with Gasteiger partial charge in [0.05, 0.1) is 5.69 Å². The third-order valence-electron chi connectivity index (χ3n) is 3.24. The van der Waals surface area contributed by atoms with Crippen LogP contribution in [-0.4, -0.2) is 32.9 Å². The van der Waals surface area contributed by atoms with E-state index in [2.05, 4.69) is 23.7 Å². The second-order valence-electron chi connectivity index (χ2n) is 4.57. The number of hydrogen-bond donors (Lipinski definition) is 1. The minimum Gasteiger partial charge on any atom is -0.363 e. The minimum atomic E-state index is -0.451. The van der Waals surface area contributed by atoms with Crippen LogP contribution in [0.25, 0.3) is 0 Å². The number of carbonyl (C=O) groups excluding carboxylic acids is 1. The number of aromatic nitrogens is 2. The number of imidazole rings is 1. The van der Waals surface area contributed by atoms with E-state index in [1.165, 1.54) is 0 Å². The molecule has 0 fully saturated rings. The molecule has 88 valence electrons. The SMILES string of the molecule is CC(C)N1CCc2c(nc(C(N)=O)n2C)C1. The van der Waals surface area contributed by atoms with E-state index in [0.29, 0.717) is 11.9 Å². The van der Waals surface area contributed by atoms with Gasteiger partial charge in [0.15, 0.2) is 5.82 Å². The van der Waals surface area contributed by atoms with E-state index in [1.807, 2.05) is 11.6 Å². The number of primary amides is 1. The second kappa shape index (κ2) is 3.90. The molecule has 0 bridgehead atoms. The molecule has 0 aromatic carbocycles. The Kier molecular flexibility index (Phi) is 2.71. The zero-order valence-corrected chi connectivity index (χ0v) is 10.0. The number of nitrogens with zero attached hydrogens (tertiary/aromatic N) is 3. The van der Waals surface area contributed by atoms with Crippen LogP contribution >= 0.6 is 0 Å². The van der Waals surface area contributed by atoms with Crippen LogP contribution in [0.4, 0.5) is 0 Å². The Morgan fingerprint density at radius 1 is 1.50 bits per heavy atom. The highest BCUT2D eigenvalue weighted by Gasteiger charge is 2.25. The highest BCUT2D eigenvalue weighted by molar-refractivity contribution is 5.89. The number of amides is 1. The van der Waals surface area contributed by atoms with Crippen molar-refractivity contribution in [3.05, 3.63) is 17.2 Å². The molecule has 16 heavy (non-hydrogen) atoms. The van der Waals surface area contributed by atoms with Gasteiger partial charge in [0.25, 0.3) is 5.91 Å². The van der Waals surface area contributed by atoms with Crippen molar-refractivity contribution >= 4 is 5.91 Å². The molecule has 0 atom stereocenters. The predicted molar refractivity (Wildman–Crippen MR) is 61.0 cm³/mol. The van der Waals surface area contributed by atoms with Crippen molar-refractivity contribution in [3.8, 4) is 0 Å². The van der Waals surface area contributed by atoms with Crippen molar-refractivity contribution in [2.24, 2.45) is 12.8 Å². The number of carbonyl (C=O) groups is 1. The first-order valence-electron chi connectivity index (χ1n) is 5.59. The maximum Gasteiger partial charge on any atom is 0.284 e. The largest absolute Gasteiger partial charge is 0.363 e. The number of hydrogen-bond acceptors (Lipinski definition) is 3. The standard InChI is InChI=1S/C11H18N4O/c1-7(2)15-5-4-9-8(6-15)13-11(10(12)16)14(9)3/h7H,4-6H2,1-3H3,(H2,12,16). The number of nitrogens with two attached hydrogens (primary N) is 1. The summed E-state index contributed by atoms with van der Waals surface area (Å²) >= 11 is 0. The Bertz CT molecular complexity index is 422. The van der Waals surface area contributed by atoms with Gasteiger partial charge in [0, 0.05) is 38.3 Å². The van der Waals surface area contributed by atoms with E-state index < -0.39 is 5.91 Å². The fourth-order valence-electron chi connectivity index (χ4n) is 2.21. The molecule has 2 heterocycles. The summed E-state index contributed by atoms with van der Waals surface area (Å²) in [4.78, 5) is 17.9. The summed E-state index contributed by atoms with van der Waals surface area (Å²) in [5.41, 5.74) is 7.43. The molecule has 5 heteroatoms. The summed E-state index contributed by atoms with van der Waals surface area (Å²) in [6.45, 7) is 6.17. The number of rotatable bonds is 2. The molecule has 0 radical (unpaired) electrons. The average Bonchev–Trinajstić information content (AvgIpc) is 2.55. The first-order valence-corrected chi connectivity index (χ1v) is 5.59. The Labute approximate surface area is 95.2 Å². The maximum absolute atomic E-state index is 11.2. The summed E-state index contributed by atoms with van der Waals surface area (Å²) < 4.78 is 1.83. The molecule has 1 aromatic rings. The Hall–Kier alpha value is -1.36. The van der Waals surface area contributed by atoms with Gasteiger partial charge < -0.3 is 10.3 Å². The van der Waals surface area contributed by atoms with Crippen molar-refractivity contribution in [1.82, 2.24) is 14.5 Å². The maximum atomic E-state index is 11.2. The van der Waals surface area contributed by atoms with Gasteiger partial charge in [-0.1, -0.05) is 0 Å². The first kappa shape index (κ1) is 11.1. The van der Waals surface area contributed by atoms with E-state index in [-0.39, 0.29) is 0 Å². The van der Waals surface area contributed by atoms with Gasteiger partial charge in [-0.05, 0) is 13.8 Å². The van der Waals surface area contributed by atoms with Crippen LogP contribution in [0.3, 0.4) is 0 Å². The molecule has 1 aliphatic rings. The molecule has 1 amide bonds. The van der Waals surface area contributed by atoms with Crippen LogP contribution in [0.1, 0.15) is 35.9 Å². The highest BCUT2D eigenvalue weighted by atomic mass is 16.1. The zero-order valence-electron chi connectivity index (χ0n) is 10.0. The molecule has 0 aliphatic carbocycles. The third kappa shape index (κ3) is 1.71. The van der Waals surface area contributed by atoms with E-state index in [4.69, 9.17) is 5.73 Å². The van der Waals surface area contributed by atoms with Crippen molar-refractivity contribution < 1.29 is 4.79 Å². The molecule has 0 saturated heterocycles. The number of fused-ring (bicyclic) bond motifs is 1. The lowest BCUT2D eigenvalue weighted by Gasteiger charge is -2.29. The molecule has 0 saturated carbocycles. The van der Waals surface area contributed by atoms with Crippen molar-refractivity contribution in [2.45, 2.75) is 32.9 Å². The summed E-state index contributed by atoms with van der Waals surface area (Å²) in [6.07, 6.45) is 0.935. The fraction of sp³-hybridized carbons (Fsp3) is 0.636. The smallest absolute Gasteiger partial charge is 0.284 e. The van der Waals surface area contributed by atoms with Gasteiger partial charge in [-0.2, -0.15) is 0 Å². The summed E-state index contributed by atoms with van der Waals surface area (Å²) in [5.74, 6) is -0.0800. The second-order valence-corrected chi connectivity index (χ2v) is 4.57. The summed E-state index contributed by atoms with van der Waals surface area (Å²) in [6, 6.07) is 0.507. The topological polar surface area (TPSA) is 64.2 Å². The lowest BCUT2D eigenvalue weighted by atomic mass is 10.1. The Morgan fingerprint density at radius 3 is 2.75 bits per heavy atom. The molecular weight excluding hydrogens is 204 g/mol. The third-order valence-corrected chi connectivity index (χ3v) is 3.24. The lowest BCUT2D eigenvalue weighted by molar-refractivity contribution is 0.0987. The first-order chi connectivity index (χ1) is 7.50. The van der Waals surface area contributed by atoms with Crippen LogP contribution < -0.4 is 5.73 Å². The molecule has 2 N–H and O–H groups in total. The van der Waals surface area contributed by atoms with Gasteiger partial charge in [-0.3, -0.25) is 9.69 Å². The highest BCUT2D eigenvalue weighted by Crippen LogP contribution is 2.20. The van der Waals surface area contributed by atoms with Crippen molar-refractivity contribution in [2.75, 3.05) is 6.54 Å². The van der Waals surface area contributed by atoms with Crippen LogP contribution in [0.5, 0.6) is 0 Å². The minimum absolute atomic E-state index is 0.371. The van der Waals surface area contributed by atoms with Gasteiger partial charge in [0.2, 0.25) is 0 Å². The normalized spacial score (nSPS) is 16.5. The molecule has 2 rings (SSSR count). The fourth-order valence-corrected chi connectivity index (χ4v) is 2.21. The quantitative estimate of drug-likeness (QED) is 0.782. The van der Waals surface area contributed by atoms with Crippen LogP contribution in [0, 0.1) is 0 Å². The van der Waals surface area contributed by atoms with E-state index in [0.717, 1.165) is 30.9 Å². The summed E-state index contributed by atoms with van der Waals surface area (Å²) in [5, 5.41) is 0. The van der Waals surface area contributed by atoms with Gasteiger partial charge in [-0.15, -0.1) is 0 Å². The van der Waals surface area contributed by atoms with E-state index in [1.54, 1.807) is 0 Å². The van der Waals surface area contributed by atoms with Crippen LogP contribution in [0.15, 0.2) is 0 Å². The Morgan fingerprint density at radius 2 is 2.19 bits per heavy atom. The average molecular weight is 222 g/mol. The van der Waals surface area contributed by atoms with Gasteiger partial charge >= 0.3 is 0 Å². The van der Waals surface area contributed by atoms with Gasteiger partial charge in [-0.25, -0.2) is 4.98 Å². The molecular formula is C11H18N4O. The van der Waals surface area contributed by atoms with E-state index in [9.17, 15) is 4.79 Å². The molecule has 1 aliphatic heterocycles. The molecule has 0 unspecified atom stereocenters. The monoisotopic (exact) mass is 222 g/mol. The lowest BCUT2D eigenvalue weighted by Crippen LogP contribution is -2.36. The zero-order chi connectivity index (χ0) is 11.9. The molecule has 0 spiro atoms. The van der Waals surface area contributed by atoms with Crippen LogP contribution in [-0.2, 0) is 20.0 Å². The Balaban J connectivity index is 2.33. The molecule has 1 aromatic heterocycles. The molecule has 5 nitrogen and oxygen atoms in total. The van der Waals surface area contributed by atoms with E-state index >= 15 is 0 Å². The van der Waals surface area contributed by atoms with Gasteiger partial charge in [0.1, 0.15) is 0 Å². The predicted octanol–water partition coefficient (Wildman–Crippen LogP) is 0.285. The van der Waals surface area contributed by atoms with Crippen molar-refractivity contribution in [1.29, 1.82) is 0 Å². The van der Waals surface area contributed by atoms with Crippen molar-refractivity contribution in [3.63, 3.8) is 0 Å². The van der Waals surface area contributed by atoms with Crippen LogP contribution in [0.2, 0.25) is 0 Å². The summed E-state index contributed by atoms with van der Waals surface area (Å²) in [7, 11) is 1.86.